The molecule has 3 nitrogen and oxygen atoms in total. The van der Waals surface area contributed by atoms with Crippen LogP contribution in [0.25, 0.3) is 10.9 Å². The summed E-state index contributed by atoms with van der Waals surface area (Å²) in [4.78, 5) is 8.64. The molecule has 0 radical (unpaired) electrons. The number of pyridine rings is 1. The number of benzene rings is 1. The van der Waals surface area contributed by atoms with E-state index in [-0.39, 0.29) is 11.5 Å². The third kappa shape index (κ3) is 2.70. The fourth-order valence-corrected chi connectivity index (χ4v) is 5.04. The molecule has 1 N–H and O–H groups in total. The molecule has 2 aromatic rings. The second-order valence-electron chi connectivity index (χ2n) is 7.48. The van der Waals surface area contributed by atoms with E-state index < -0.39 is 0 Å². The molecule has 24 heavy (non-hydrogen) atoms. The second-order valence-corrected chi connectivity index (χ2v) is 8.36. The largest absolute Gasteiger partial charge is 0.392 e. The molecular formula is C20H26N2OS. The van der Waals surface area contributed by atoms with Crippen molar-refractivity contribution in [3.8, 4) is 0 Å². The molecule has 1 aliphatic carbocycles. The van der Waals surface area contributed by atoms with Crippen LogP contribution in [0.15, 0.2) is 29.2 Å². The highest BCUT2D eigenvalue weighted by Crippen LogP contribution is 2.45. The molecule has 4 heteroatoms. The van der Waals surface area contributed by atoms with Crippen LogP contribution in [0.4, 0.5) is 5.82 Å². The van der Waals surface area contributed by atoms with Crippen molar-refractivity contribution < 1.29 is 5.11 Å². The maximum absolute atomic E-state index is 10.5. The SMILES string of the molecule is CSc1ccc2nc(N3CCC[C@@]4(CCC[C@H]4O)C3)cc(C)c2c1. The summed E-state index contributed by atoms with van der Waals surface area (Å²) < 4.78 is 0. The van der Waals surface area contributed by atoms with Gasteiger partial charge in [0.1, 0.15) is 5.82 Å². The van der Waals surface area contributed by atoms with Crippen LogP contribution in [0.3, 0.4) is 0 Å². The van der Waals surface area contributed by atoms with Crippen molar-refractivity contribution >= 4 is 28.5 Å². The Morgan fingerprint density at radius 3 is 2.83 bits per heavy atom. The van der Waals surface area contributed by atoms with Gasteiger partial charge in [-0.1, -0.05) is 6.42 Å². The number of piperidine rings is 1. The molecule has 0 bridgehead atoms. The first-order valence-electron chi connectivity index (χ1n) is 9.00. The molecule has 0 unspecified atom stereocenters. The molecule has 2 aliphatic rings. The lowest BCUT2D eigenvalue weighted by Gasteiger charge is -2.43. The fraction of sp³-hybridized carbons (Fsp3) is 0.550. The minimum absolute atomic E-state index is 0.103. The number of aliphatic hydroxyl groups excluding tert-OH is 1. The number of aryl methyl sites for hydroxylation is 1. The Balaban J connectivity index is 1.68. The second kappa shape index (κ2) is 6.23. The number of rotatable bonds is 2. The number of aliphatic hydroxyl groups is 1. The van der Waals surface area contributed by atoms with Crippen LogP contribution in [0.2, 0.25) is 0 Å². The van der Waals surface area contributed by atoms with Crippen LogP contribution in [-0.4, -0.2) is 35.5 Å². The van der Waals surface area contributed by atoms with Gasteiger partial charge in [-0.15, -0.1) is 11.8 Å². The van der Waals surface area contributed by atoms with E-state index in [9.17, 15) is 5.11 Å². The first-order chi connectivity index (χ1) is 11.6. The van der Waals surface area contributed by atoms with Crippen molar-refractivity contribution in [1.29, 1.82) is 0 Å². The number of thioether (sulfide) groups is 1. The highest BCUT2D eigenvalue weighted by atomic mass is 32.2. The topological polar surface area (TPSA) is 36.4 Å². The zero-order valence-electron chi connectivity index (χ0n) is 14.6. The number of aromatic nitrogens is 1. The summed E-state index contributed by atoms with van der Waals surface area (Å²) >= 11 is 1.77. The lowest BCUT2D eigenvalue weighted by atomic mass is 9.76. The number of hydrogen-bond acceptors (Lipinski definition) is 4. The van der Waals surface area contributed by atoms with Gasteiger partial charge in [0.2, 0.25) is 0 Å². The van der Waals surface area contributed by atoms with Crippen LogP contribution < -0.4 is 4.90 Å². The molecule has 2 heterocycles. The predicted molar refractivity (Wildman–Crippen MR) is 102 cm³/mol. The molecular weight excluding hydrogens is 316 g/mol. The summed E-state index contributed by atoms with van der Waals surface area (Å²) in [6, 6.07) is 8.76. The predicted octanol–water partition coefficient (Wildman–Crippen LogP) is 4.40. The zero-order chi connectivity index (χ0) is 16.7. The standard InChI is InChI=1S/C20H26N2OS/c1-14-11-19(21-17-7-6-15(24-2)12-16(14)17)22-10-4-9-20(13-22)8-3-5-18(20)23/h6-7,11-12,18,23H,3-5,8-10,13H2,1-2H3/t18-,20+/m1/s1. The Hall–Kier alpha value is -1.26. The molecule has 1 spiro atoms. The van der Waals surface area contributed by atoms with E-state index in [2.05, 4.69) is 42.3 Å². The van der Waals surface area contributed by atoms with Crippen LogP contribution in [0.5, 0.6) is 0 Å². The summed E-state index contributed by atoms with van der Waals surface area (Å²) in [5, 5.41) is 11.8. The Labute approximate surface area is 148 Å². The van der Waals surface area contributed by atoms with E-state index in [1.54, 1.807) is 11.8 Å². The van der Waals surface area contributed by atoms with Gasteiger partial charge in [0.25, 0.3) is 0 Å². The molecule has 1 saturated heterocycles. The number of hydrogen-bond donors (Lipinski definition) is 1. The molecule has 2 fully saturated rings. The zero-order valence-corrected chi connectivity index (χ0v) is 15.4. The quantitative estimate of drug-likeness (QED) is 0.821. The van der Waals surface area contributed by atoms with Gasteiger partial charge in [-0.25, -0.2) is 4.98 Å². The monoisotopic (exact) mass is 342 g/mol. The lowest BCUT2D eigenvalue weighted by molar-refractivity contribution is 0.0408. The first-order valence-corrected chi connectivity index (χ1v) is 10.2. The van der Waals surface area contributed by atoms with Gasteiger partial charge in [-0.3, -0.25) is 0 Å². The number of anilines is 1. The average molecular weight is 343 g/mol. The molecule has 1 aliphatic heterocycles. The van der Waals surface area contributed by atoms with Gasteiger partial charge in [0, 0.05) is 28.8 Å². The number of fused-ring (bicyclic) bond motifs is 1. The molecule has 2 atom stereocenters. The van der Waals surface area contributed by atoms with E-state index in [0.29, 0.717) is 0 Å². The Morgan fingerprint density at radius 1 is 1.25 bits per heavy atom. The van der Waals surface area contributed by atoms with E-state index >= 15 is 0 Å². The van der Waals surface area contributed by atoms with Crippen molar-refractivity contribution in [2.24, 2.45) is 5.41 Å². The molecule has 128 valence electrons. The fourth-order valence-electron chi connectivity index (χ4n) is 4.60. The minimum Gasteiger partial charge on any atom is -0.392 e. The summed E-state index contributed by atoms with van der Waals surface area (Å²) in [6.07, 6.45) is 7.58. The summed E-state index contributed by atoms with van der Waals surface area (Å²) in [7, 11) is 0. The van der Waals surface area contributed by atoms with Gasteiger partial charge in [0.15, 0.2) is 0 Å². The van der Waals surface area contributed by atoms with Crippen LogP contribution in [0.1, 0.15) is 37.7 Å². The van der Waals surface area contributed by atoms with E-state index in [4.69, 9.17) is 4.98 Å². The Bertz CT molecular complexity index is 763. The van der Waals surface area contributed by atoms with Gasteiger partial charge >= 0.3 is 0 Å². The van der Waals surface area contributed by atoms with Gasteiger partial charge in [0.05, 0.1) is 11.6 Å². The van der Waals surface area contributed by atoms with E-state index in [1.807, 2.05) is 0 Å². The van der Waals surface area contributed by atoms with Crippen molar-refractivity contribution in [3.05, 3.63) is 29.8 Å². The highest BCUT2D eigenvalue weighted by Gasteiger charge is 2.44. The molecule has 1 aromatic carbocycles. The molecule has 1 aromatic heterocycles. The van der Waals surface area contributed by atoms with Crippen LogP contribution in [-0.2, 0) is 0 Å². The lowest BCUT2D eigenvalue weighted by Crippen LogP contribution is -2.47. The maximum Gasteiger partial charge on any atom is 0.129 e. The smallest absolute Gasteiger partial charge is 0.129 e. The van der Waals surface area contributed by atoms with Gasteiger partial charge in [-0.05, 0) is 68.7 Å². The molecule has 4 rings (SSSR count). The summed E-state index contributed by atoms with van der Waals surface area (Å²) in [6.45, 7) is 4.19. The minimum atomic E-state index is -0.133. The van der Waals surface area contributed by atoms with E-state index in [0.717, 1.165) is 56.5 Å². The van der Waals surface area contributed by atoms with Crippen molar-refractivity contribution in [2.75, 3.05) is 24.2 Å². The molecule has 0 amide bonds. The van der Waals surface area contributed by atoms with Crippen molar-refractivity contribution in [1.82, 2.24) is 4.98 Å². The third-order valence-electron chi connectivity index (χ3n) is 6.00. The maximum atomic E-state index is 10.5. The van der Waals surface area contributed by atoms with E-state index in [1.165, 1.54) is 15.8 Å². The Morgan fingerprint density at radius 2 is 2.08 bits per heavy atom. The third-order valence-corrected chi connectivity index (χ3v) is 6.73. The number of nitrogens with zero attached hydrogens (tertiary/aromatic N) is 2. The highest BCUT2D eigenvalue weighted by molar-refractivity contribution is 7.98. The van der Waals surface area contributed by atoms with Crippen LogP contribution in [0, 0.1) is 12.3 Å². The normalized spacial score (nSPS) is 27.3. The Kier molecular flexibility index (Phi) is 4.21. The van der Waals surface area contributed by atoms with Crippen molar-refractivity contribution in [2.45, 2.75) is 50.0 Å². The van der Waals surface area contributed by atoms with Crippen molar-refractivity contribution in [3.63, 3.8) is 0 Å². The van der Waals surface area contributed by atoms with Gasteiger partial charge in [-0.2, -0.15) is 0 Å². The summed E-state index contributed by atoms with van der Waals surface area (Å²) in [5.74, 6) is 1.08. The van der Waals surface area contributed by atoms with Gasteiger partial charge < -0.3 is 10.0 Å². The molecule has 1 saturated carbocycles. The van der Waals surface area contributed by atoms with Crippen LogP contribution >= 0.6 is 11.8 Å². The first kappa shape index (κ1) is 16.2. The average Bonchev–Trinajstić information content (AvgIpc) is 2.94. The summed E-state index contributed by atoms with van der Waals surface area (Å²) in [5.41, 5.74) is 2.47.